The number of carbonyl (C=O) groups excluding carboxylic acids is 1. The van der Waals surface area contributed by atoms with Crippen LogP contribution in [-0.2, 0) is 22.7 Å². The van der Waals surface area contributed by atoms with Crippen molar-refractivity contribution in [1.29, 1.82) is 0 Å². The van der Waals surface area contributed by atoms with Gasteiger partial charge in [-0.1, -0.05) is 12.1 Å². The Labute approximate surface area is 195 Å². The molecule has 0 aliphatic heterocycles. The predicted molar refractivity (Wildman–Crippen MR) is 120 cm³/mol. The third-order valence-corrected chi connectivity index (χ3v) is 6.35. The molecule has 1 N–H and O–H groups in total. The second kappa shape index (κ2) is 10.0. The van der Waals surface area contributed by atoms with Gasteiger partial charge in [-0.2, -0.15) is 8.78 Å². The molecule has 0 aliphatic carbocycles. The Morgan fingerprint density at radius 3 is 2.32 bits per heavy atom. The van der Waals surface area contributed by atoms with Crippen LogP contribution < -0.4 is 4.74 Å². The van der Waals surface area contributed by atoms with Crippen LogP contribution in [0.2, 0.25) is 0 Å². The molecule has 182 valence electrons. The average molecular weight is 496 g/mol. The van der Waals surface area contributed by atoms with Gasteiger partial charge >= 0.3 is 6.61 Å². The molecule has 10 heteroatoms. The first-order chi connectivity index (χ1) is 15.9. The van der Waals surface area contributed by atoms with Gasteiger partial charge in [0.2, 0.25) is 0 Å². The number of hydrogen-bond acceptors (Lipinski definition) is 5. The zero-order chi connectivity index (χ0) is 25.2. The van der Waals surface area contributed by atoms with Crippen LogP contribution in [0.1, 0.15) is 34.2 Å². The van der Waals surface area contributed by atoms with Crippen molar-refractivity contribution < 1.29 is 36.2 Å². The molecule has 1 atom stereocenters. The van der Waals surface area contributed by atoms with Gasteiger partial charge in [-0.15, -0.1) is 0 Å². The molecule has 0 bridgehead atoms. The number of Topliss-reactive ketones (excluding diaryl/α,β-unsaturated/α-hetero) is 1. The van der Waals surface area contributed by atoms with Crippen LogP contribution in [0.25, 0.3) is 5.69 Å². The highest BCUT2D eigenvalue weighted by molar-refractivity contribution is 7.90. The third-order valence-electron chi connectivity index (χ3n) is 5.22. The second-order valence-corrected chi connectivity index (χ2v) is 10.0. The number of ketones is 1. The minimum absolute atomic E-state index is 0.0349. The van der Waals surface area contributed by atoms with E-state index in [0.29, 0.717) is 17.0 Å². The molecule has 34 heavy (non-hydrogen) atoms. The Kier molecular flexibility index (Phi) is 7.52. The van der Waals surface area contributed by atoms with E-state index in [-0.39, 0.29) is 34.8 Å². The van der Waals surface area contributed by atoms with Crippen molar-refractivity contribution in [1.82, 2.24) is 4.57 Å². The van der Waals surface area contributed by atoms with Crippen LogP contribution in [0.5, 0.6) is 5.75 Å². The summed E-state index contributed by atoms with van der Waals surface area (Å²) in [5.74, 6) is -1.47. The SMILES string of the molecule is Cc1c(C(=O)Cc2ccc(S(C)(=O)=O)cc2)cc(CC(C)O)n1-c1ccc(F)cc1OC(F)F. The fourth-order valence-electron chi connectivity index (χ4n) is 3.74. The summed E-state index contributed by atoms with van der Waals surface area (Å²) < 4.78 is 68.9. The van der Waals surface area contributed by atoms with E-state index in [0.717, 1.165) is 18.4 Å². The number of benzene rings is 2. The smallest absolute Gasteiger partial charge is 0.387 e. The Hall–Kier alpha value is -3.11. The third kappa shape index (κ3) is 5.87. The summed E-state index contributed by atoms with van der Waals surface area (Å²) in [4.78, 5) is 13.2. The topological polar surface area (TPSA) is 85.6 Å². The van der Waals surface area contributed by atoms with Crippen LogP contribution >= 0.6 is 0 Å². The Balaban J connectivity index is 2.03. The van der Waals surface area contributed by atoms with E-state index in [2.05, 4.69) is 4.74 Å². The van der Waals surface area contributed by atoms with Gasteiger partial charge in [0.1, 0.15) is 5.82 Å². The van der Waals surface area contributed by atoms with E-state index < -0.39 is 34.1 Å². The summed E-state index contributed by atoms with van der Waals surface area (Å²) in [5.41, 5.74) is 1.83. The first-order valence-electron chi connectivity index (χ1n) is 10.3. The highest BCUT2D eigenvalue weighted by Gasteiger charge is 2.23. The van der Waals surface area contributed by atoms with Gasteiger partial charge in [-0.05, 0) is 49.7 Å². The van der Waals surface area contributed by atoms with E-state index in [1.165, 1.54) is 22.8 Å². The first-order valence-corrected chi connectivity index (χ1v) is 12.2. The molecule has 0 spiro atoms. The highest BCUT2D eigenvalue weighted by Crippen LogP contribution is 2.31. The fourth-order valence-corrected chi connectivity index (χ4v) is 4.37. The van der Waals surface area contributed by atoms with Crippen molar-refractivity contribution in [3.05, 3.63) is 76.9 Å². The summed E-state index contributed by atoms with van der Waals surface area (Å²) in [7, 11) is -3.37. The molecule has 1 aromatic heterocycles. The summed E-state index contributed by atoms with van der Waals surface area (Å²) in [6.07, 6.45) is 0.347. The maximum Gasteiger partial charge on any atom is 0.387 e. The molecule has 0 saturated carbocycles. The molecule has 1 unspecified atom stereocenters. The lowest BCUT2D eigenvalue weighted by Crippen LogP contribution is -2.13. The molecule has 3 aromatic rings. The summed E-state index contributed by atoms with van der Waals surface area (Å²) in [6.45, 7) is -0.0348. The monoisotopic (exact) mass is 495 g/mol. The number of carbonyl (C=O) groups is 1. The number of aromatic nitrogens is 1. The van der Waals surface area contributed by atoms with Crippen LogP contribution in [0.4, 0.5) is 13.2 Å². The number of aliphatic hydroxyl groups excluding tert-OH is 1. The molecule has 3 rings (SSSR count). The van der Waals surface area contributed by atoms with Crippen molar-refractivity contribution in [2.24, 2.45) is 0 Å². The minimum Gasteiger partial charge on any atom is -0.432 e. The van der Waals surface area contributed by atoms with Gasteiger partial charge in [0.25, 0.3) is 0 Å². The number of aliphatic hydroxyl groups is 1. The van der Waals surface area contributed by atoms with Gasteiger partial charge in [0.15, 0.2) is 21.4 Å². The van der Waals surface area contributed by atoms with Crippen LogP contribution in [0, 0.1) is 12.7 Å². The van der Waals surface area contributed by atoms with Gasteiger partial charge in [-0.3, -0.25) is 4.79 Å². The maximum absolute atomic E-state index is 13.7. The summed E-state index contributed by atoms with van der Waals surface area (Å²) >= 11 is 0. The second-order valence-electron chi connectivity index (χ2n) is 8.03. The van der Waals surface area contributed by atoms with Crippen molar-refractivity contribution in [2.75, 3.05) is 6.26 Å². The van der Waals surface area contributed by atoms with Gasteiger partial charge in [0, 0.05) is 42.1 Å². The van der Waals surface area contributed by atoms with Crippen LogP contribution in [0.3, 0.4) is 0 Å². The highest BCUT2D eigenvalue weighted by atomic mass is 32.2. The molecule has 0 amide bonds. The number of ether oxygens (including phenoxy) is 1. The maximum atomic E-state index is 13.7. The molecule has 1 heterocycles. The molecule has 6 nitrogen and oxygen atoms in total. The lowest BCUT2D eigenvalue weighted by molar-refractivity contribution is -0.0500. The predicted octanol–water partition coefficient (Wildman–Crippen LogP) is 4.28. The van der Waals surface area contributed by atoms with Gasteiger partial charge in [0.05, 0.1) is 16.7 Å². The summed E-state index contributed by atoms with van der Waals surface area (Å²) in [6, 6.07) is 10.7. The normalized spacial score (nSPS) is 12.7. The molecule has 0 fully saturated rings. The zero-order valence-corrected chi connectivity index (χ0v) is 19.6. The van der Waals surface area contributed by atoms with E-state index in [1.807, 2.05) is 0 Å². The van der Waals surface area contributed by atoms with Crippen molar-refractivity contribution >= 4 is 15.6 Å². The lowest BCUT2D eigenvalue weighted by Gasteiger charge is -2.17. The number of halogens is 3. The number of sulfone groups is 1. The first kappa shape index (κ1) is 25.5. The number of nitrogens with zero attached hydrogens (tertiary/aromatic N) is 1. The fraction of sp³-hybridized carbons (Fsp3) is 0.292. The average Bonchev–Trinajstić information content (AvgIpc) is 3.03. The summed E-state index contributed by atoms with van der Waals surface area (Å²) in [5, 5.41) is 9.94. The van der Waals surface area contributed by atoms with E-state index in [1.54, 1.807) is 32.0 Å². The molecular weight excluding hydrogens is 471 g/mol. The van der Waals surface area contributed by atoms with Gasteiger partial charge in [-0.25, -0.2) is 12.8 Å². The van der Waals surface area contributed by atoms with Gasteiger partial charge < -0.3 is 14.4 Å². The van der Waals surface area contributed by atoms with E-state index >= 15 is 0 Å². The molecular formula is C24H24F3NO5S. The van der Waals surface area contributed by atoms with Crippen molar-refractivity contribution in [2.45, 2.75) is 44.3 Å². The largest absolute Gasteiger partial charge is 0.432 e. The Morgan fingerprint density at radius 1 is 1.12 bits per heavy atom. The number of hydrogen-bond donors (Lipinski definition) is 1. The van der Waals surface area contributed by atoms with E-state index in [4.69, 9.17) is 0 Å². The lowest BCUT2D eigenvalue weighted by atomic mass is 10.0. The standard InChI is InChI=1S/C24H24F3NO5S/c1-14(29)10-18-13-20(22(30)11-16-4-7-19(8-5-16)34(3,31)32)15(2)28(18)21-9-6-17(25)12-23(21)33-24(26)27/h4-9,12-14,24,29H,10-11H2,1-3H3. The quantitative estimate of drug-likeness (QED) is 0.448. The number of alkyl halides is 2. The molecule has 0 radical (unpaired) electrons. The van der Waals surface area contributed by atoms with Crippen LogP contribution in [-0.4, -0.2) is 42.8 Å². The molecule has 0 aliphatic rings. The molecule has 0 saturated heterocycles. The zero-order valence-electron chi connectivity index (χ0n) is 18.8. The van der Waals surface area contributed by atoms with Crippen molar-refractivity contribution in [3.63, 3.8) is 0 Å². The van der Waals surface area contributed by atoms with E-state index in [9.17, 15) is 31.5 Å². The molecule has 2 aromatic carbocycles. The Bertz CT molecular complexity index is 1300. The Morgan fingerprint density at radius 2 is 1.76 bits per heavy atom. The minimum atomic E-state index is -3.37. The number of rotatable bonds is 9. The van der Waals surface area contributed by atoms with Crippen molar-refractivity contribution in [3.8, 4) is 11.4 Å². The van der Waals surface area contributed by atoms with Crippen LogP contribution in [0.15, 0.2) is 53.4 Å².